The fourth-order valence-electron chi connectivity index (χ4n) is 4.20. The summed E-state index contributed by atoms with van der Waals surface area (Å²) in [7, 11) is 1.60. The molecule has 0 atom stereocenters. The molecule has 2 aromatic heterocycles. The maximum Gasteiger partial charge on any atom is 0.279 e. The van der Waals surface area contributed by atoms with Gasteiger partial charge >= 0.3 is 0 Å². The van der Waals surface area contributed by atoms with Crippen LogP contribution in [-0.2, 0) is 17.9 Å². The monoisotopic (exact) mass is 474 g/mol. The van der Waals surface area contributed by atoms with Gasteiger partial charge in [-0.3, -0.25) is 4.79 Å². The number of halogens is 1. The highest BCUT2D eigenvalue weighted by Gasteiger charge is 2.24. The SMILES string of the molecule is COc1cc(C=C2OCCn3c2nc(=O)c(CO)c3-c2ccc(F)cc2)ccc1-n1cnc(C)c1. The molecule has 0 fully saturated rings. The number of fused-ring (bicyclic) bond motifs is 1. The first-order valence-electron chi connectivity index (χ1n) is 11.0. The van der Waals surface area contributed by atoms with Crippen LogP contribution in [0.4, 0.5) is 4.39 Å². The molecular weight excluding hydrogens is 451 g/mol. The first-order chi connectivity index (χ1) is 17.0. The third kappa shape index (κ3) is 4.22. The summed E-state index contributed by atoms with van der Waals surface area (Å²) in [6.07, 6.45) is 5.41. The van der Waals surface area contributed by atoms with Crippen LogP contribution in [0.3, 0.4) is 0 Å². The Bertz CT molecular complexity index is 1490. The summed E-state index contributed by atoms with van der Waals surface area (Å²) in [5.74, 6) is 1.00. The van der Waals surface area contributed by atoms with E-state index in [2.05, 4.69) is 9.97 Å². The Kier molecular flexibility index (Phi) is 5.92. The number of hydrogen-bond acceptors (Lipinski definition) is 6. The standard InChI is InChI=1S/C26H23FN4O4/c1-16-13-30(15-28-16)21-8-3-17(11-22(21)34-2)12-23-25-29-26(33)20(14-32)24(31(25)9-10-35-23)18-4-6-19(27)7-5-18/h3-8,11-13,15,32H,9-10,14H2,1-2H3. The Morgan fingerprint density at radius 1 is 1.23 bits per heavy atom. The zero-order chi connectivity index (χ0) is 24.5. The molecule has 0 saturated heterocycles. The van der Waals surface area contributed by atoms with E-state index in [4.69, 9.17) is 9.47 Å². The zero-order valence-corrected chi connectivity index (χ0v) is 19.2. The van der Waals surface area contributed by atoms with Gasteiger partial charge in [-0.15, -0.1) is 0 Å². The molecule has 0 saturated carbocycles. The van der Waals surface area contributed by atoms with Gasteiger partial charge in [-0.25, -0.2) is 9.37 Å². The molecule has 35 heavy (non-hydrogen) atoms. The molecule has 2 aromatic carbocycles. The molecule has 1 N–H and O–H groups in total. The first-order valence-corrected chi connectivity index (χ1v) is 11.0. The fraction of sp³-hybridized carbons (Fsp3) is 0.192. The topological polar surface area (TPSA) is 91.4 Å². The number of methoxy groups -OCH3 is 1. The van der Waals surface area contributed by atoms with Crippen LogP contribution in [0.25, 0.3) is 28.8 Å². The zero-order valence-electron chi connectivity index (χ0n) is 19.2. The molecule has 8 nitrogen and oxygen atoms in total. The van der Waals surface area contributed by atoms with Crippen LogP contribution in [-0.4, -0.2) is 37.9 Å². The van der Waals surface area contributed by atoms with Gasteiger partial charge in [0.05, 0.1) is 49.2 Å². The van der Waals surface area contributed by atoms with E-state index >= 15 is 0 Å². The summed E-state index contributed by atoms with van der Waals surface area (Å²) in [4.78, 5) is 21.3. The Labute approximate surface area is 200 Å². The summed E-state index contributed by atoms with van der Waals surface area (Å²) < 4.78 is 28.7. The quantitative estimate of drug-likeness (QED) is 0.476. The van der Waals surface area contributed by atoms with Crippen molar-refractivity contribution in [1.82, 2.24) is 19.1 Å². The van der Waals surface area contributed by atoms with Gasteiger partial charge in [0, 0.05) is 6.20 Å². The second-order valence-corrected chi connectivity index (χ2v) is 8.10. The second-order valence-electron chi connectivity index (χ2n) is 8.10. The number of aryl methyl sites for hydroxylation is 1. The van der Waals surface area contributed by atoms with Crippen LogP contribution >= 0.6 is 0 Å². The van der Waals surface area contributed by atoms with Crippen molar-refractivity contribution in [2.24, 2.45) is 0 Å². The maximum absolute atomic E-state index is 13.5. The van der Waals surface area contributed by atoms with Crippen molar-refractivity contribution < 1.29 is 19.0 Å². The lowest BCUT2D eigenvalue weighted by Gasteiger charge is -2.26. The number of rotatable bonds is 5. The van der Waals surface area contributed by atoms with Gasteiger partial charge in [0.15, 0.2) is 11.6 Å². The van der Waals surface area contributed by atoms with E-state index in [1.807, 2.05) is 40.5 Å². The molecule has 1 aliphatic heterocycles. The van der Waals surface area contributed by atoms with E-state index in [1.54, 1.807) is 31.6 Å². The Morgan fingerprint density at radius 2 is 2.03 bits per heavy atom. The van der Waals surface area contributed by atoms with Gasteiger partial charge in [-0.1, -0.05) is 6.07 Å². The van der Waals surface area contributed by atoms with Crippen LogP contribution in [0.2, 0.25) is 0 Å². The molecule has 5 rings (SSSR count). The minimum atomic E-state index is -0.558. The normalized spacial score (nSPS) is 14.0. The third-order valence-electron chi connectivity index (χ3n) is 5.84. The number of nitrogens with zero attached hydrogens (tertiary/aromatic N) is 4. The number of aliphatic hydroxyl groups is 1. The number of aromatic nitrogens is 4. The second kappa shape index (κ2) is 9.19. The Hall–Kier alpha value is -4.24. The Balaban J connectivity index is 1.62. The predicted molar refractivity (Wildman–Crippen MR) is 128 cm³/mol. The highest BCUT2D eigenvalue weighted by Crippen LogP contribution is 2.31. The molecule has 4 aromatic rings. The minimum absolute atomic E-state index is 0.156. The van der Waals surface area contributed by atoms with Crippen LogP contribution in [0, 0.1) is 12.7 Å². The molecule has 1 aliphatic rings. The van der Waals surface area contributed by atoms with Gasteiger partial charge < -0.3 is 23.7 Å². The molecule has 0 unspecified atom stereocenters. The fourth-order valence-corrected chi connectivity index (χ4v) is 4.20. The van der Waals surface area contributed by atoms with Gasteiger partial charge in [-0.05, 0) is 60.5 Å². The van der Waals surface area contributed by atoms with Crippen molar-refractivity contribution in [2.45, 2.75) is 20.1 Å². The lowest BCUT2D eigenvalue weighted by molar-refractivity contribution is 0.233. The first kappa shape index (κ1) is 22.5. The Morgan fingerprint density at radius 3 is 2.71 bits per heavy atom. The van der Waals surface area contributed by atoms with E-state index in [-0.39, 0.29) is 11.4 Å². The van der Waals surface area contributed by atoms with Crippen molar-refractivity contribution in [2.75, 3.05) is 13.7 Å². The average Bonchev–Trinajstić information content (AvgIpc) is 3.30. The summed E-state index contributed by atoms with van der Waals surface area (Å²) >= 11 is 0. The van der Waals surface area contributed by atoms with Crippen molar-refractivity contribution in [3.05, 3.63) is 93.8 Å². The molecule has 9 heteroatoms. The van der Waals surface area contributed by atoms with Gasteiger partial charge in [0.25, 0.3) is 5.56 Å². The molecular formula is C26H23FN4O4. The summed E-state index contributed by atoms with van der Waals surface area (Å²) in [6, 6.07) is 11.5. The van der Waals surface area contributed by atoms with Gasteiger partial charge in [-0.2, -0.15) is 4.98 Å². The number of aliphatic hydroxyl groups excluding tert-OH is 1. The lowest BCUT2D eigenvalue weighted by Crippen LogP contribution is -2.29. The minimum Gasteiger partial charge on any atom is -0.495 e. The summed E-state index contributed by atoms with van der Waals surface area (Å²) in [5, 5.41) is 9.90. The van der Waals surface area contributed by atoms with Crippen LogP contribution < -0.4 is 10.3 Å². The van der Waals surface area contributed by atoms with E-state index < -0.39 is 12.2 Å². The third-order valence-corrected chi connectivity index (χ3v) is 5.84. The van der Waals surface area contributed by atoms with Crippen molar-refractivity contribution >= 4 is 11.8 Å². The number of benzene rings is 2. The number of hydrogen-bond donors (Lipinski definition) is 1. The van der Waals surface area contributed by atoms with E-state index in [1.165, 1.54) is 12.1 Å². The number of ether oxygens (including phenoxy) is 2. The van der Waals surface area contributed by atoms with Crippen molar-refractivity contribution in [3.8, 4) is 22.7 Å². The van der Waals surface area contributed by atoms with Crippen LogP contribution in [0.15, 0.2) is 59.8 Å². The average molecular weight is 474 g/mol. The smallest absolute Gasteiger partial charge is 0.279 e. The van der Waals surface area contributed by atoms with E-state index in [0.29, 0.717) is 41.7 Å². The molecule has 0 spiro atoms. The molecule has 178 valence electrons. The summed E-state index contributed by atoms with van der Waals surface area (Å²) in [5.41, 5.74) is 3.22. The molecule has 0 aliphatic carbocycles. The maximum atomic E-state index is 13.5. The molecule has 3 heterocycles. The van der Waals surface area contributed by atoms with Crippen LogP contribution in [0.5, 0.6) is 5.75 Å². The molecule has 0 amide bonds. The van der Waals surface area contributed by atoms with Crippen molar-refractivity contribution in [1.29, 1.82) is 0 Å². The van der Waals surface area contributed by atoms with Gasteiger partial charge in [0.1, 0.15) is 18.2 Å². The molecule has 0 radical (unpaired) electrons. The predicted octanol–water partition coefficient (Wildman–Crippen LogP) is 3.57. The van der Waals surface area contributed by atoms with E-state index in [0.717, 1.165) is 16.9 Å². The highest BCUT2D eigenvalue weighted by atomic mass is 19.1. The largest absolute Gasteiger partial charge is 0.495 e. The van der Waals surface area contributed by atoms with Crippen molar-refractivity contribution in [3.63, 3.8) is 0 Å². The summed E-state index contributed by atoms with van der Waals surface area (Å²) in [6.45, 7) is 2.19. The van der Waals surface area contributed by atoms with Crippen LogP contribution in [0.1, 0.15) is 22.6 Å². The lowest BCUT2D eigenvalue weighted by atomic mass is 10.1. The van der Waals surface area contributed by atoms with E-state index in [9.17, 15) is 14.3 Å². The van der Waals surface area contributed by atoms with Gasteiger partial charge in [0.2, 0.25) is 0 Å². The number of imidazole rings is 1. The highest BCUT2D eigenvalue weighted by molar-refractivity contribution is 5.78. The molecule has 0 bridgehead atoms.